The molecule has 1 aromatic carbocycles. The first-order valence-electron chi connectivity index (χ1n) is 6.97. The molecule has 0 bridgehead atoms. The fourth-order valence-corrected chi connectivity index (χ4v) is 4.57. The van der Waals surface area contributed by atoms with Gasteiger partial charge in [-0.05, 0) is 52.9 Å². The van der Waals surface area contributed by atoms with Crippen LogP contribution in [0.4, 0.5) is 0 Å². The summed E-state index contributed by atoms with van der Waals surface area (Å²) in [6, 6.07) is 2.10. The number of hydrogen-bond donors (Lipinski definition) is 1. The number of fused-ring (bicyclic) bond motifs is 1. The van der Waals surface area contributed by atoms with Crippen molar-refractivity contribution in [2.75, 3.05) is 19.8 Å². The molecule has 3 nitrogen and oxygen atoms in total. The van der Waals surface area contributed by atoms with Crippen LogP contribution in [0, 0.1) is 6.92 Å². The minimum absolute atomic E-state index is 0.110. The predicted molar refractivity (Wildman–Crippen MR) is 79.1 cm³/mol. The highest BCUT2D eigenvalue weighted by molar-refractivity contribution is 9.10. The summed E-state index contributed by atoms with van der Waals surface area (Å²) in [5.74, 6) is 1.70. The van der Waals surface area contributed by atoms with Crippen LogP contribution in [0.25, 0.3) is 0 Å². The zero-order valence-electron chi connectivity index (χ0n) is 11.3. The third-order valence-corrected chi connectivity index (χ3v) is 5.21. The normalized spacial score (nSPS) is 20.6. The molecule has 0 radical (unpaired) electrons. The largest absolute Gasteiger partial charge is 0.486 e. The van der Waals surface area contributed by atoms with Crippen LogP contribution in [0.2, 0.25) is 0 Å². The molecule has 0 atom stereocenters. The molecule has 0 unspecified atom stereocenters. The summed E-state index contributed by atoms with van der Waals surface area (Å²) in [5, 5.41) is 0. The van der Waals surface area contributed by atoms with Gasteiger partial charge in [0.05, 0.1) is 4.47 Å². The molecule has 2 aliphatic rings. The summed E-state index contributed by atoms with van der Waals surface area (Å²) in [7, 11) is 0. The summed E-state index contributed by atoms with van der Waals surface area (Å²) in [4.78, 5) is 0. The van der Waals surface area contributed by atoms with E-state index >= 15 is 0 Å². The van der Waals surface area contributed by atoms with Crippen LogP contribution in [0.15, 0.2) is 10.5 Å². The molecule has 1 aromatic rings. The Morgan fingerprint density at radius 2 is 1.95 bits per heavy atom. The van der Waals surface area contributed by atoms with Crippen molar-refractivity contribution in [3.63, 3.8) is 0 Å². The van der Waals surface area contributed by atoms with Gasteiger partial charge in [-0.2, -0.15) is 0 Å². The van der Waals surface area contributed by atoms with Crippen molar-refractivity contribution in [3.05, 3.63) is 21.7 Å². The molecule has 1 fully saturated rings. The van der Waals surface area contributed by atoms with E-state index in [4.69, 9.17) is 15.2 Å². The molecule has 3 rings (SSSR count). The molecule has 4 heteroatoms. The molecule has 1 heterocycles. The lowest BCUT2D eigenvalue weighted by Gasteiger charge is -2.33. The number of ether oxygens (including phenoxy) is 2. The van der Waals surface area contributed by atoms with Crippen LogP contribution < -0.4 is 15.2 Å². The molecule has 104 valence electrons. The van der Waals surface area contributed by atoms with E-state index in [2.05, 4.69) is 28.9 Å². The molecule has 0 aromatic heterocycles. The Morgan fingerprint density at radius 3 is 2.63 bits per heavy atom. The van der Waals surface area contributed by atoms with Crippen LogP contribution in [0.3, 0.4) is 0 Å². The summed E-state index contributed by atoms with van der Waals surface area (Å²) in [5.41, 5.74) is 8.82. The van der Waals surface area contributed by atoms with Crippen molar-refractivity contribution in [2.45, 2.75) is 38.0 Å². The molecule has 1 aliphatic heterocycles. The van der Waals surface area contributed by atoms with Crippen molar-refractivity contribution >= 4 is 15.9 Å². The molecule has 0 spiro atoms. The van der Waals surface area contributed by atoms with Gasteiger partial charge in [-0.15, -0.1) is 0 Å². The predicted octanol–water partition coefficient (Wildman–Crippen LogP) is 3.30. The maximum absolute atomic E-state index is 6.12. The van der Waals surface area contributed by atoms with Crippen molar-refractivity contribution in [1.29, 1.82) is 0 Å². The van der Waals surface area contributed by atoms with E-state index in [0.717, 1.165) is 16.0 Å². The Balaban J connectivity index is 2.15. The zero-order chi connectivity index (χ0) is 13.5. The SMILES string of the molecule is Cc1cc2c(c(Br)c1C1(CN)CCCC1)OCCO2. The smallest absolute Gasteiger partial charge is 0.175 e. The van der Waals surface area contributed by atoms with E-state index in [1.807, 2.05) is 0 Å². The summed E-state index contributed by atoms with van der Waals surface area (Å²) < 4.78 is 12.5. The average molecular weight is 326 g/mol. The fourth-order valence-electron chi connectivity index (χ4n) is 3.53. The van der Waals surface area contributed by atoms with Gasteiger partial charge in [0, 0.05) is 12.0 Å². The van der Waals surface area contributed by atoms with Gasteiger partial charge in [-0.25, -0.2) is 0 Å². The highest BCUT2D eigenvalue weighted by atomic mass is 79.9. The maximum Gasteiger partial charge on any atom is 0.175 e. The zero-order valence-corrected chi connectivity index (χ0v) is 12.9. The van der Waals surface area contributed by atoms with Gasteiger partial charge in [-0.3, -0.25) is 0 Å². The molecular formula is C15H20BrNO2. The number of halogens is 1. The van der Waals surface area contributed by atoms with Gasteiger partial charge >= 0.3 is 0 Å². The summed E-state index contributed by atoms with van der Waals surface area (Å²) >= 11 is 3.74. The summed E-state index contributed by atoms with van der Waals surface area (Å²) in [6.45, 7) is 4.09. The van der Waals surface area contributed by atoms with Crippen LogP contribution in [-0.2, 0) is 5.41 Å². The third-order valence-electron chi connectivity index (χ3n) is 4.45. The van der Waals surface area contributed by atoms with Crippen molar-refractivity contribution < 1.29 is 9.47 Å². The van der Waals surface area contributed by atoms with E-state index in [1.165, 1.54) is 36.8 Å². The number of aryl methyl sites for hydroxylation is 1. The number of rotatable bonds is 2. The average Bonchev–Trinajstić information content (AvgIpc) is 2.88. The van der Waals surface area contributed by atoms with Crippen molar-refractivity contribution in [3.8, 4) is 11.5 Å². The van der Waals surface area contributed by atoms with Gasteiger partial charge in [-0.1, -0.05) is 12.8 Å². The first-order chi connectivity index (χ1) is 9.18. The minimum Gasteiger partial charge on any atom is -0.486 e. The molecule has 0 amide bonds. The van der Waals surface area contributed by atoms with Crippen LogP contribution >= 0.6 is 15.9 Å². The molecule has 2 N–H and O–H groups in total. The lowest BCUT2D eigenvalue weighted by molar-refractivity contribution is 0.169. The van der Waals surface area contributed by atoms with E-state index in [0.29, 0.717) is 19.8 Å². The number of benzene rings is 1. The maximum atomic E-state index is 6.12. The minimum atomic E-state index is 0.110. The monoisotopic (exact) mass is 325 g/mol. The highest BCUT2D eigenvalue weighted by Gasteiger charge is 2.38. The van der Waals surface area contributed by atoms with Gasteiger partial charge in [0.25, 0.3) is 0 Å². The van der Waals surface area contributed by atoms with Gasteiger partial charge in [0.15, 0.2) is 11.5 Å². The fraction of sp³-hybridized carbons (Fsp3) is 0.600. The van der Waals surface area contributed by atoms with Gasteiger partial charge in [0.1, 0.15) is 13.2 Å². The Kier molecular flexibility index (Phi) is 3.48. The number of hydrogen-bond acceptors (Lipinski definition) is 3. The van der Waals surface area contributed by atoms with E-state index in [9.17, 15) is 0 Å². The van der Waals surface area contributed by atoms with Crippen molar-refractivity contribution in [2.24, 2.45) is 5.73 Å². The van der Waals surface area contributed by atoms with Crippen LogP contribution in [-0.4, -0.2) is 19.8 Å². The molecule has 0 saturated heterocycles. The molecular weight excluding hydrogens is 306 g/mol. The molecule has 19 heavy (non-hydrogen) atoms. The Morgan fingerprint density at radius 1 is 1.26 bits per heavy atom. The first-order valence-corrected chi connectivity index (χ1v) is 7.76. The van der Waals surface area contributed by atoms with Crippen LogP contribution in [0.1, 0.15) is 36.8 Å². The van der Waals surface area contributed by atoms with Crippen molar-refractivity contribution in [1.82, 2.24) is 0 Å². The lowest BCUT2D eigenvalue weighted by atomic mass is 9.76. The first kappa shape index (κ1) is 13.3. The Bertz CT molecular complexity index is 495. The second-order valence-corrected chi connectivity index (χ2v) is 6.39. The van der Waals surface area contributed by atoms with E-state index in [-0.39, 0.29) is 5.41 Å². The van der Waals surface area contributed by atoms with E-state index in [1.54, 1.807) is 0 Å². The number of nitrogens with two attached hydrogens (primary N) is 1. The lowest BCUT2D eigenvalue weighted by Crippen LogP contribution is -2.33. The third kappa shape index (κ3) is 2.05. The Hall–Kier alpha value is -0.740. The standard InChI is InChI=1S/C15H20BrNO2/c1-10-8-11-14(19-7-6-18-11)13(16)12(10)15(9-17)4-2-3-5-15/h8H,2-7,9,17H2,1H3. The van der Waals surface area contributed by atoms with Gasteiger partial charge in [0.2, 0.25) is 0 Å². The second-order valence-electron chi connectivity index (χ2n) is 5.60. The topological polar surface area (TPSA) is 44.5 Å². The molecule has 1 aliphatic carbocycles. The van der Waals surface area contributed by atoms with Gasteiger partial charge < -0.3 is 15.2 Å². The quantitative estimate of drug-likeness (QED) is 0.907. The van der Waals surface area contributed by atoms with Crippen LogP contribution in [0.5, 0.6) is 11.5 Å². The second kappa shape index (κ2) is 4.98. The summed E-state index contributed by atoms with van der Waals surface area (Å²) in [6.07, 6.45) is 4.86. The highest BCUT2D eigenvalue weighted by Crippen LogP contribution is 2.50. The Labute approximate surface area is 122 Å². The van der Waals surface area contributed by atoms with E-state index < -0.39 is 0 Å². The molecule has 1 saturated carbocycles.